The number of rotatable bonds is 6. The third-order valence-electron chi connectivity index (χ3n) is 2.83. The molecule has 1 fully saturated rings. The van der Waals surface area contributed by atoms with Gasteiger partial charge in [0.05, 0.1) is 19.3 Å². The van der Waals surface area contributed by atoms with Crippen LogP contribution in [0.3, 0.4) is 0 Å². The minimum atomic E-state index is -3.39. The van der Waals surface area contributed by atoms with Crippen LogP contribution in [-0.2, 0) is 23.8 Å². The van der Waals surface area contributed by atoms with Crippen molar-refractivity contribution in [2.45, 2.75) is 52.1 Å². The highest BCUT2D eigenvalue weighted by molar-refractivity contribution is 7.85. The number of hydrogen-bond donors (Lipinski definition) is 0. The fourth-order valence-corrected chi connectivity index (χ4v) is 2.17. The van der Waals surface area contributed by atoms with E-state index in [1.54, 1.807) is 0 Å². The number of carbonyl (C=O) groups excluding carboxylic acids is 1. The lowest BCUT2D eigenvalue weighted by Gasteiger charge is -2.21. The Bertz CT molecular complexity index is 401. The Kier molecular flexibility index (Phi) is 4.43. The molecule has 6 heteroatoms. The predicted octanol–water partition coefficient (Wildman–Crippen LogP) is 1.86. The van der Waals surface area contributed by atoms with E-state index in [0.717, 1.165) is 19.1 Å². The second kappa shape index (κ2) is 5.17. The molecule has 0 aromatic heterocycles. The monoisotopic (exact) mass is 278 g/mol. The summed E-state index contributed by atoms with van der Waals surface area (Å²) < 4.78 is 31.6. The second-order valence-corrected chi connectivity index (χ2v) is 7.68. The van der Waals surface area contributed by atoms with Gasteiger partial charge in [0.25, 0.3) is 10.1 Å². The van der Waals surface area contributed by atoms with Gasteiger partial charge in [-0.15, -0.1) is 0 Å². The molecule has 18 heavy (non-hydrogen) atoms. The maximum absolute atomic E-state index is 11.7. The molecule has 0 heterocycles. The zero-order valence-electron chi connectivity index (χ0n) is 11.5. The van der Waals surface area contributed by atoms with Crippen molar-refractivity contribution in [3.8, 4) is 0 Å². The Morgan fingerprint density at radius 1 is 1.28 bits per heavy atom. The average Bonchev–Trinajstić information content (AvgIpc) is 2.78. The van der Waals surface area contributed by atoms with Crippen LogP contribution in [0, 0.1) is 5.41 Å². The highest BCUT2D eigenvalue weighted by Crippen LogP contribution is 2.52. The number of esters is 1. The van der Waals surface area contributed by atoms with Crippen molar-refractivity contribution >= 4 is 16.1 Å². The van der Waals surface area contributed by atoms with Gasteiger partial charge in [-0.25, -0.2) is 0 Å². The van der Waals surface area contributed by atoms with Crippen molar-refractivity contribution in [1.82, 2.24) is 0 Å². The lowest BCUT2D eigenvalue weighted by atomic mass is 9.99. The van der Waals surface area contributed by atoms with Gasteiger partial charge in [0.1, 0.15) is 5.60 Å². The Labute approximate surface area is 109 Å². The van der Waals surface area contributed by atoms with Gasteiger partial charge < -0.3 is 4.74 Å². The van der Waals surface area contributed by atoms with Gasteiger partial charge in [0.2, 0.25) is 0 Å². The van der Waals surface area contributed by atoms with Gasteiger partial charge >= 0.3 is 5.97 Å². The normalized spacial score (nSPS) is 18.4. The van der Waals surface area contributed by atoms with Crippen molar-refractivity contribution in [1.29, 1.82) is 0 Å². The maximum Gasteiger partial charge on any atom is 0.306 e. The molecule has 0 N–H and O–H groups in total. The molecular weight excluding hydrogens is 256 g/mol. The summed E-state index contributed by atoms with van der Waals surface area (Å²) in [5, 5.41) is 0. The van der Waals surface area contributed by atoms with Crippen molar-refractivity contribution in [3.05, 3.63) is 0 Å². The molecule has 0 aromatic carbocycles. The van der Waals surface area contributed by atoms with Crippen LogP contribution in [-0.4, -0.2) is 32.9 Å². The lowest BCUT2D eigenvalue weighted by Crippen LogP contribution is -2.26. The van der Waals surface area contributed by atoms with E-state index in [2.05, 4.69) is 0 Å². The van der Waals surface area contributed by atoms with E-state index in [-0.39, 0.29) is 18.0 Å². The topological polar surface area (TPSA) is 69.7 Å². The first kappa shape index (κ1) is 15.4. The molecule has 0 spiro atoms. The van der Waals surface area contributed by atoms with Crippen LogP contribution < -0.4 is 0 Å². The minimum Gasteiger partial charge on any atom is -0.460 e. The molecule has 0 aromatic rings. The third kappa shape index (κ3) is 6.35. The van der Waals surface area contributed by atoms with E-state index in [0.29, 0.717) is 12.8 Å². The number of ether oxygens (including phenoxy) is 1. The van der Waals surface area contributed by atoms with Crippen LogP contribution in [0.4, 0.5) is 0 Å². The highest BCUT2D eigenvalue weighted by atomic mass is 32.2. The van der Waals surface area contributed by atoms with Gasteiger partial charge in [-0.1, -0.05) is 0 Å². The van der Waals surface area contributed by atoms with Crippen LogP contribution in [0.5, 0.6) is 0 Å². The molecule has 0 unspecified atom stereocenters. The van der Waals surface area contributed by atoms with Crippen LogP contribution in [0.15, 0.2) is 0 Å². The van der Waals surface area contributed by atoms with E-state index in [1.807, 2.05) is 20.8 Å². The first-order chi connectivity index (χ1) is 8.02. The molecule has 1 aliphatic carbocycles. The Hall–Kier alpha value is -0.620. The standard InChI is InChI=1S/C12H22O5S/c1-11(2,3)17-10(13)9-12(5-6-12)7-8-16-18(4,14)15/h5-9H2,1-4H3. The van der Waals surface area contributed by atoms with Crippen molar-refractivity contribution in [2.24, 2.45) is 5.41 Å². The first-order valence-corrected chi connectivity index (χ1v) is 7.89. The molecule has 5 nitrogen and oxygen atoms in total. The molecule has 1 saturated carbocycles. The molecule has 0 aliphatic heterocycles. The van der Waals surface area contributed by atoms with Crippen LogP contribution in [0.1, 0.15) is 46.5 Å². The molecule has 106 valence electrons. The summed E-state index contributed by atoms with van der Waals surface area (Å²) in [7, 11) is -3.39. The predicted molar refractivity (Wildman–Crippen MR) is 67.5 cm³/mol. The fraction of sp³-hybridized carbons (Fsp3) is 0.917. The van der Waals surface area contributed by atoms with Crippen molar-refractivity contribution < 1.29 is 22.1 Å². The van der Waals surface area contributed by atoms with E-state index < -0.39 is 15.7 Å². The van der Waals surface area contributed by atoms with E-state index >= 15 is 0 Å². The SMILES string of the molecule is CC(C)(C)OC(=O)CC1(CCOS(C)(=O)=O)CC1. The Morgan fingerprint density at radius 3 is 2.22 bits per heavy atom. The quantitative estimate of drug-likeness (QED) is 0.548. The smallest absolute Gasteiger partial charge is 0.306 e. The maximum atomic E-state index is 11.7. The summed E-state index contributed by atoms with van der Waals surface area (Å²) in [6.45, 7) is 5.63. The zero-order chi connectivity index (χ0) is 14.0. The van der Waals surface area contributed by atoms with Crippen molar-refractivity contribution in [3.63, 3.8) is 0 Å². The Balaban J connectivity index is 2.35. The third-order valence-corrected chi connectivity index (χ3v) is 3.42. The molecule has 0 bridgehead atoms. The molecule has 0 amide bonds. The van der Waals surface area contributed by atoms with Crippen molar-refractivity contribution in [2.75, 3.05) is 12.9 Å². The molecule has 1 aliphatic rings. The number of hydrogen-bond acceptors (Lipinski definition) is 5. The minimum absolute atomic E-state index is 0.104. The van der Waals surface area contributed by atoms with Gasteiger partial charge in [0.15, 0.2) is 0 Å². The van der Waals surface area contributed by atoms with Crippen LogP contribution >= 0.6 is 0 Å². The van der Waals surface area contributed by atoms with Crippen LogP contribution in [0.25, 0.3) is 0 Å². The van der Waals surface area contributed by atoms with Gasteiger partial charge in [0, 0.05) is 0 Å². The zero-order valence-corrected chi connectivity index (χ0v) is 12.3. The summed E-state index contributed by atoms with van der Waals surface area (Å²) in [6, 6.07) is 0. The molecular formula is C12H22O5S. The number of carbonyl (C=O) groups is 1. The van der Waals surface area contributed by atoms with Gasteiger partial charge in [-0.05, 0) is 45.4 Å². The molecule has 0 saturated heterocycles. The second-order valence-electron chi connectivity index (χ2n) is 6.04. The highest BCUT2D eigenvalue weighted by Gasteiger charge is 2.44. The van der Waals surface area contributed by atoms with Crippen LogP contribution in [0.2, 0.25) is 0 Å². The fourth-order valence-electron chi connectivity index (χ4n) is 1.79. The first-order valence-electron chi connectivity index (χ1n) is 6.08. The van der Waals surface area contributed by atoms with Gasteiger partial charge in [-0.2, -0.15) is 8.42 Å². The largest absolute Gasteiger partial charge is 0.460 e. The summed E-state index contributed by atoms with van der Waals surface area (Å²) in [6.07, 6.45) is 3.82. The molecule has 1 rings (SSSR count). The summed E-state index contributed by atoms with van der Waals surface area (Å²) in [5.74, 6) is -0.223. The molecule has 0 radical (unpaired) electrons. The van der Waals surface area contributed by atoms with Gasteiger partial charge in [-0.3, -0.25) is 8.98 Å². The summed E-state index contributed by atoms with van der Waals surface area (Å²) in [4.78, 5) is 11.7. The lowest BCUT2D eigenvalue weighted by molar-refractivity contribution is -0.156. The van der Waals surface area contributed by atoms with E-state index in [4.69, 9.17) is 8.92 Å². The van der Waals surface area contributed by atoms with E-state index in [9.17, 15) is 13.2 Å². The Morgan fingerprint density at radius 2 is 1.83 bits per heavy atom. The van der Waals surface area contributed by atoms with E-state index in [1.165, 1.54) is 0 Å². The average molecular weight is 278 g/mol. The molecule has 0 atom stereocenters. The summed E-state index contributed by atoms with van der Waals surface area (Å²) >= 11 is 0. The summed E-state index contributed by atoms with van der Waals surface area (Å²) in [5.41, 5.74) is -0.580.